The van der Waals surface area contributed by atoms with Crippen LogP contribution in [0.4, 0.5) is 5.69 Å². The van der Waals surface area contributed by atoms with Gasteiger partial charge in [-0.3, -0.25) is 9.59 Å². The largest absolute Gasteiger partial charge is 0.493 e. The number of aryl methyl sites for hydroxylation is 1. The summed E-state index contributed by atoms with van der Waals surface area (Å²) >= 11 is 5.88. The summed E-state index contributed by atoms with van der Waals surface area (Å²) in [5, 5.41) is 3.26. The fraction of sp³-hybridized carbons (Fsp3) is 0.263. The van der Waals surface area contributed by atoms with Crippen molar-refractivity contribution in [3.8, 4) is 11.5 Å². The molecule has 2 rings (SSSR count). The van der Waals surface area contributed by atoms with Crippen LogP contribution < -0.4 is 14.8 Å². The van der Waals surface area contributed by atoms with Crippen molar-refractivity contribution < 1.29 is 23.8 Å². The molecule has 138 valence electrons. The van der Waals surface area contributed by atoms with Crippen molar-refractivity contribution in [1.82, 2.24) is 0 Å². The number of hydrogen-bond donors (Lipinski definition) is 1. The number of esters is 1. The number of methoxy groups -OCH3 is 2. The van der Waals surface area contributed by atoms with Crippen LogP contribution in [0.1, 0.15) is 11.1 Å². The van der Waals surface area contributed by atoms with E-state index in [0.29, 0.717) is 27.8 Å². The van der Waals surface area contributed by atoms with E-state index in [2.05, 4.69) is 5.32 Å². The van der Waals surface area contributed by atoms with E-state index in [1.165, 1.54) is 14.2 Å². The summed E-state index contributed by atoms with van der Waals surface area (Å²) in [7, 11) is 3.05. The smallest absolute Gasteiger partial charge is 0.310 e. The lowest BCUT2D eigenvalue weighted by Gasteiger charge is -2.10. The van der Waals surface area contributed by atoms with Crippen LogP contribution in [-0.2, 0) is 20.7 Å². The number of nitrogens with one attached hydrogen (secondary N) is 1. The van der Waals surface area contributed by atoms with Gasteiger partial charge in [-0.15, -0.1) is 0 Å². The number of benzene rings is 2. The highest BCUT2D eigenvalue weighted by atomic mass is 35.5. The lowest BCUT2D eigenvalue weighted by atomic mass is 10.1. The second-order valence-corrected chi connectivity index (χ2v) is 5.97. The highest BCUT2D eigenvalue weighted by molar-refractivity contribution is 6.30. The van der Waals surface area contributed by atoms with Gasteiger partial charge >= 0.3 is 5.97 Å². The van der Waals surface area contributed by atoms with Crippen molar-refractivity contribution in [2.24, 2.45) is 0 Å². The second-order valence-electron chi connectivity index (χ2n) is 5.53. The topological polar surface area (TPSA) is 73.9 Å². The number of hydrogen-bond acceptors (Lipinski definition) is 5. The lowest BCUT2D eigenvalue weighted by Crippen LogP contribution is -2.22. The van der Waals surface area contributed by atoms with Gasteiger partial charge in [-0.2, -0.15) is 0 Å². The molecule has 0 saturated carbocycles. The van der Waals surface area contributed by atoms with Crippen molar-refractivity contribution in [2.75, 3.05) is 26.1 Å². The van der Waals surface area contributed by atoms with Gasteiger partial charge in [-0.1, -0.05) is 17.7 Å². The molecule has 0 unspecified atom stereocenters. The molecule has 0 aliphatic rings. The SMILES string of the molecule is COc1ccc(CC(=O)OCC(=O)Nc2ccc(Cl)cc2C)cc1OC. The van der Waals surface area contributed by atoms with Gasteiger partial charge < -0.3 is 19.5 Å². The van der Waals surface area contributed by atoms with Crippen LogP contribution in [0.3, 0.4) is 0 Å². The molecule has 0 fully saturated rings. The zero-order valence-electron chi connectivity index (χ0n) is 14.8. The molecule has 1 N–H and O–H groups in total. The van der Waals surface area contributed by atoms with Crippen LogP contribution in [0.15, 0.2) is 36.4 Å². The molecule has 0 aromatic heterocycles. The number of rotatable bonds is 7. The third-order valence-corrected chi connectivity index (χ3v) is 3.86. The molecule has 0 aliphatic heterocycles. The molecule has 2 aromatic rings. The fourth-order valence-corrected chi connectivity index (χ4v) is 2.53. The Morgan fingerprint density at radius 2 is 1.77 bits per heavy atom. The van der Waals surface area contributed by atoms with Crippen LogP contribution in [0.5, 0.6) is 11.5 Å². The first-order valence-electron chi connectivity index (χ1n) is 7.85. The number of carbonyl (C=O) groups is 2. The average Bonchev–Trinajstić information content (AvgIpc) is 2.62. The highest BCUT2D eigenvalue weighted by Gasteiger charge is 2.12. The summed E-state index contributed by atoms with van der Waals surface area (Å²) in [6, 6.07) is 10.2. The van der Waals surface area contributed by atoms with Crippen LogP contribution in [0, 0.1) is 6.92 Å². The van der Waals surface area contributed by atoms with Gasteiger partial charge in [0.1, 0.15) is 0 Å². The normalized spacial score (nSPS) is 10.2. The van der Waals surface area contributed by atoms with Crippen molar-refractivity contribution in [2.45, 2.75) is 13.3 Å². The molecule has 0 aliphatic carbocycles. The first-order valence-corrected chi connectivity index (χ1v) is 8.23. The molecule has 1 amide bonds. The number of halogens is 1. The van der Waals surface area contributed by atoms with Crippen LogP contribution in [0.2, 0.25) is 5.02 Å². The van der Waals surface area contributed by atoms with Crippen LogP contribution in [0.25, 0.3) is 0 Å². The molecular formula is C19H20ClNO5. The zero-order valence-corrected chi connectivity index (χ0v) is 15.6. The van der Waals surface area contributed by atoms with Gasteiger partial charge in [0.15, 0.2) is 18.1 Å². The second kappa shape index (κ2) is 9.10. The van der Waals surface area contributed by atoms with Gasteiger partial charge in [0.2, 0.25) is 0 Å². The predicted molar refractivity (Wildman–Crippen MR) is 99.0 cm³/mol. The molecule has 2 aromatic carbocycles. The van der Waals surface area contributed by atoms with E-state index in [-0.39, 0.29) is 13.0 Å². The fourth-order valence-electron chi connectivity index (χ4n) is 2.31. The van der Waals surface area contributed by atoms with Crippen molar-refractivity contribution in [1.29, 1.82) is 0 Å². The molecule has 7 heteroatoms. The third kappa shape index (κ3) is 5.39. The minimum Gasteiger partial charge on any atom is -0.493 e. The van der Waals surface area contributed by atoms with Gasteiger partial charge in [0, 0.05) is 10.7 Å². The van der Waals surface area contributed by atoms with Gasteiger partial charge in [-0.25, -0.2) is 0 Å². The first kappa shape index (κ1) is 19.6. The maximum atomic E-state index is 11.9. The Morgan fingerprint density at radius 3 is 2.42 bits per heavy atom. The van der Waals surface area contributed by atoms with Crippen molar-refractivity contribution in [3.05, 3.63) is 52.5 Å². The lowest BCUT2D eigenvalue weighted by molar-refractivity contribution is -0.146. The Hall–Kier alpha value is -2.73. The van der Waals surface area contributed by atoms with E-state index in [9.17, 15) is 9.59 Å². The quantitative estimate of drug-likeness (QED) is 0.749. The summed E-state index contributed by atoms with van der Waals surface area (Å²) in [4.78, 5) is 23.9. The van der Waals surface area contributed by atoms with E-state index in [1.54, 1.807) is 36.4 Å². The molecule has 0 heterocycles. The van der Waals surface area contributed by atoms with Gasteiger partial charge in [0.25, 0.3) is 5.91 Å². The number of ether oxygens (including phenoxy) is 3. The van der Waals surface area contributed by atoms with Crippen LogP contribution in [-0.4, -0.2) is 32.7 Å². The number of amides is 1. The predicted octanol–water partition coefficient (Wildman–Crippen LogP) is 3.39. The molecule has 0 bridgehead atoms. The average molecular weight is 378 g/mol. The van der Waals surface area contributed by atoms with E-state index >= 15 is 0 Å². The Morgan fingerprint density at radius 1 is 1.04 bits per heavy atom. The van der Waals surface area contributed by atoms with Crippen LogP contribution >= 0.6 is 11.6 Å². The Kier molecular flexibility index (Phi) is 6.86. The van der Waals surface area contributed by atoms with Gasteiger partial charge in [-0.05, 0) is 48.4 Å². The van der Waals surface area contributed by atoms with Gasteiger partial charge in [0.05, 0.1) is 20.6 Å². The Balaban J connectivity index is 1.87. The molecule has 0 atom stereocenters. The summed E-state index contributed by atoms with van der Waals surface area (Å²) in [5.41, 5.74) is 2.14. The molecule has 0 spiro atoms. The molecule has 0 saturated heterocycles. The number of anilines is 1. The molecule has 0 radical (unpaired) electrons. The maximum Gasteiger partial charge on any atom is 0.310 e. The third-order valence-electron chi connectivity index (χ3n) is 3.62. The van der Waals surface area contributed by atoms with E-state index in [4.69, 9.17) is 25.8 Å². The molecule has 6 nitrogen and oxygen atoms in total. The molecule has 26 heavy (non-hydrogen) atoms. The Labute approximate surface area is 157 Å². The van der Waals surface area contributed by atoms with E-state index in [0.717, 1.165) is 5.56 Å². The number of carbonyl (C=O) groups excluding carboxylic acids is 2. The Bertz CT molecular complexity index is 807. The standard InChI is InChI=1S/C19H20ClNO5/c1-12-8-14(20)5-6-15(12)21-18(22)11-26-19(23)10-13-4-7-16(24-2)17(9-13)25-3/h4-9H,10-11H2,1-3H3,(H,21,22). The first-order chi connectivity index (χ1) is 12.4. The van der Waals surface area contributed by atoms with E-state index < -0.39 is 11.9 Å². The highest BCUT2D eigenvalue weighted by Crippen LogP contribution is 2.27. The summed E-state index contributed by atoms with van der Waals surface area (Å²) in [5.74, 6) is 0.160. The maximum absolute atomic E-state index is 11.9. The van der Waals surface area contributed by atoms with Crippen molar-refractivity contribution in [3.63, 3.8) is 0 Å². The minimum atomic E-state index is -0.514. The zero-order chi connectivity index (χ0) is 19.1. The van der Waals surface area contributed by atoms with Crippen molar-refractivity contribution >= 4 is 29.2 Å². The van der Waals surface area contributed by atoms with E-state index in [1.807, 2.05) is 6.92 Å². The summed E-state index contributed by atoms with van der Waals surface area (Å²) < 4.78 is 15.4. The molecular weight excluding hydrogens is 358 g/mol. The monoisotopic (exact) mass is 377 g/mol. The summed E-state index contributed by atoms with van der Waals surface area (Å²) in [6.45, 7) is 1.46. The minimum absolute atomic E-state index is 0.0214. The summed E-state index contributed by atoms with van der Waals surface area (Å²) in [6.07, 6.45) is 0.0214.